The average Bonchev–Trinajstić information content (AvgIpc) is 1.84. The number of nitriles is 1. The van der Waals surface area contributed by atoms with Gasteiger partial charge in [-0.05, 0) is 6.92 Å². The van der Waals surface area contributed by atoms with E-state index in [1.165, 1.54) is 6.07 Å². The molecule has 0 bridgehead atoms. The van der Waals surface area contributed by atoms with Crippen molar-refractivity contribution in [1.29, 1.82) is 5.26 Å². The SMILES string of the molecule is CC(C#N)OS(=O)(=O)C(F)(F)F. The molecule has 0 aromatic carbocycles. The summed E-state index contributed by atoms with van der Waals surface area (Å²) in [5.41, 5.74) is -5.47. The third kappa shape index (κ3) is 2.67. The Morgan fingerprint density at radius 1 is 1.50 bits per heavy atom. The molecule has 0 aliphatic carbocycles. The van der Waals surface area contributed by atoms with E-state index in [0.717, 1.165) is 6.92 Å². The maximum Gasteiger partial charge on any atom is 0.523 e. The normalized spacial score (nSPS) is 15.2. The fourth-order valence-electron chi connectivity index (χ4n) is 0.266. The summed E-state index contributed by atoms with van der Waals surface area (Å²) in [6.07, 6.45) is -1.64. The molecule has 0 spiro atoms. The van der Waals surface area contributed by atoms with Gasteiger partial charge in [0.25, 0.3) is 0 Å². The molecule has 0 aromatic rings. The molecule has 0 aliphatic heterocycles. The fraction of sp³-hybridized carbons (Fsp3) is 0.750. The van der Waals surface area contributed by atoms with Crippen LogP contribution in [0.1, 0.15) is 6.92 Å². The van der Waals surface area contributed by atoms with Crippen molar-refractivity contribution in [2.24, 2.45) is 0 Å². The van der Waals surface area contributed by atoms with Crippen LogP contribution in [0.2, 0.25) is 0 Å². The molecule has 12 heavy (non-hydrogen) atoms. The Kier molecular flexibility index (Phi) is 3.06. The maximum atomic E-state index is 11.5. The Hall–Kier alpha value is -0.810. The molecule has 1 atom stereocenters. The number of rotatable bonds is 2. The summed E-state index contributed by atoms with van der Waals surface area (Å²) in [6.45, 7) is 0.892. The highest BCUT2D eigenvalue weighted by atomic mass is 32.2. The minimum Gasteiger partial charge on any atom is -0.245 e. The summed E-state index contributed by atoms with van der Waals surface area (Å²) in [4.78, 5) is 0. The van der Waals surface area contributed by atoms with Gasteiger partial charge in [0.1, 0.15) is 0 Å². The molecule has 0 N–H and O–H groups in total. The van der Waals surface area contributed by atoms with Gasteiger partial charge in [-0.15, -0.1) is 0 Å². The van der Waals surface area contributed by atoms with Crippen molar-refractivity contribution in [2.45, 2.75) is 18.5 Å². The van der Waals surface area contributed by atoms with E-state index in [-0.39, 0.29) is 0 Å². The van der Waals surface area contributed by atoms with Crippen LogP contribution < -0.4 is 0 Å². The van der Waals surface area contributed by atoms with Crippen LogP contribution in [-0.4, -0.2) is 20.0 Å². The van der Waals surface area contributed by atoms with E-state index in [9.17, 15) is 21.6 Å². The molecule has 0 aromatic heterocycles. The number of hydrogen-bond donors (Lipinski definition) is 0. The summed E-state index contributed by atoms with van der Waals surface area (Å²) >= 11 is 0. The van der Waals surface area contributed by atoms with Crippen LogP contribution >= 0.6 is 0 Å². The van der Waals surface area contributed by atoms with Crippen molar-refractivity contribution in [3.8, 4) is 6.07 Å². The molecular weight excluding hydrogens is 199 g/mol. The molecule has 0 saturated carbocycles. The third-order valence-corrected chi connectivity index (χ3v) is 1.85. The monoisotopic (exact) mass is 203 g/mol. The molecule has 4 nitrogen and oxygen atoms in total. The lowest BCUT2D eigenvalue weighted by Crippen LogP contribution is -2.28. The molecular formula is C4H4F3NO3S. The predicted molar refractivity (Wildman–Crippen MR) is 31.1 cm³/mol. The van der Waals surface area contributed by atoms with Gasteiger partial charge in [0, 0.05) is 0 Å². The van der Waals surface area contributed by atoms with Gasteiger partial charge < -0.3 is 0 Å². The van der Waals surface area contributed by atoms with Crippen LogP contribution in [0.15, 0.2) is 0 Å². The Balaban J connectivity index is 4.60. The fourth-order valence-corrected chi connectivity index (χ4v) is 0.798. The molecule has 0 amide bonds. The van der Waals surface area contributed by atoms with E-state index in [1.807, 2.05) is 0 Å². The predicted octanol–water partition coefficient (Wildman–Crippen LogP) is 0.765. The second-order valence-corrected chi connectivity index (χ2v) is 3.33. The molecule has 0 heterocycles. The Bertz CT molecular complexity index is 288. The molecule has 0 rings (SSSR count). The summed E-state index contributed by atoms with van der Waals surface area (Å²) in [7, 11) is -5.63. The van der Waals surface area contributed by atoms with Gasteiger partial charge in [0.15, 0.2) is 6.10 Å². The van der Waals surface area contributed by atoms with Gasteiger partial charge in [0.2, 0.25) is 0 Å². The quantitative estimate of drug-likeness (QED) is 0.491. The smallest absolute Gasteiger partial charge is 0.245 e. The highest BCUT2D eigenvalue weighted by Crippen LogP contribution is 2.25. The average molecular weight is 203 g/mol. The van der Waals surface area contributed by atoms with E-state index >= 15 is 0 Å². The first-order valence-corrected chi connectivity index (χ1v) is 4.00. The van der Waals surface area contributed by atoms with Crippen LogP contribution in [0, 0.1) is 11.3 Å². The van der Waals surface area contributed by atoms with Crippen molar-refractivity contribution < 1.29 is 25.8 Å². The summed E-state index contributed by atoms with van der Waals surface area (Å²) < 4.78 is 58.2. The van der Waals surface area contributed by atoms with Crippen LogP contribution in [0.5, 0.6) is 0 Å². The van der Waals surface area contributed by atoms with E-state index in [1.54, 1.807) is 0 Å². The van der Waals surface area contributed by atoms with Crippen LogP contribution in [-0.2, 0) is 14.3 Å². The highest BCUT2D eigenvalue weighted by molar-refractivity contribution is 7.87. The van der Waals surface area contributed by atoms with E-state index in [0.29, 0.717) is 0 Å². The number of alkyl halides is 3. The third-order valence-electron chi connectivity index (χ3n) is 0.736. The van der Waals surface area contributed by atoms with Crippen molar-refractivity contribution in [3.05, 3.63) is 0 Å². The summed E-state index contributed by atoms with van der Waals surface area (Å²) in [5.74, 6) is 0. The van der Waals surface area contributed by atoms with Gasteiger partial charge in [-0.2, -0.15) is 26.9 Å². The van der Waals surface area contributed by atoms with Gasteiger partial charge >= 0.3 is 15.6 Å². The molecule has 0 aliphatic rings. The van der Waals surface area contributed by atoms with Crippen molar-refractivity contribution >= 4 is 10.1 Å². The topological polar surface area (TPSA) is 67.2 Å². The van der Waals surface area contributed by atoms with E-state index in [4.69, 9.17) is 5.26 Å². The first kappa shape index (κ1) is 11.2. The Morgan fingerprint density at radius 3 is 2.17 bits per heavy atom. The van der Waals surface area contributed by atoms with Gasteiger partial charge in [-0.1, -0.05) is 0 Å². The first-order valence-electron chi connectivity index (χ1n) is 2.60. The zero-order valence-corrected chi connectivity index (χ0v) is 6.61. The lowest BCUT2D eigenvalue weighted by molar-refractivity contribution is -0.0553. The lowest BCUT2D eigenvalue weighted by atomic mass is 10.5. The molecule has 8 heteroatoms. The van der Waals surface area contributed by atoms with Gasteiger partial charge in [-0.3, -0.25) is 0 Å². The van der Waals surface area contributed by atoms with Crippen molar-refractivity contribution in [3.63, 3.8) is 0 Å². The molecule has 0 fully saturated rings. The maximum absolute atomic E-state index is 11.5. The largest absolute Gasteiger partial charge is 0.523 e. The van der Waals surface area contributed by atoms with E-state index < -0.39 is 21.7 Å². The first-order chi connectivity index (χ1) is 5.20. The molecule has 0 saturated heterocycles. The number of hydrogen-bond acceptors (Lipinski definition) is 4. The minimum atomic E-state index is -5.63. The standard InChI is InChI=1S/C4H4F3NO3S/c1-3(2-8)11-12(9,10)4(5,6)7/h3H,1H3. The minimum absolute atomic E-state index is 0.892. The Morgan fingerprint density at radius 2 is 1.92 bits per heavy atom. The number of nitrogens with zero attached hydrogens (tertiary/aromatic N) is 1. The van der Waals surface area contributed by atoms with Crippen LogP contribution in [0.3, 0.4) is 0 Å². The highest BCUT2D eigenvalue weighted by Gasteiger charge is 2.48. The molecule has 1 unspecified atom stereocenters. The van der Waals surface area contributed by atoms with Crippen molar-refractivity contribution in [1.82, 2.24) is 0 Å². The summed E-state index contributed by atoms with van der Waals surface area (Å²) in [6, 6.07) is 1.19. The second kappa shape index (κ2) is 3.28. The van der Waals surface area contributed by atoms with Crippen molar-refractivity contribution in [2.75, 3.05) is 0 Å². The lowest BCUT2D eigenvalue weighted by Gasteiger charge is -2.08. The van der Waals surface area contributed by atoms with E-state index in [2.05, 4.69) is 4.18 Å². The summed E-state index contributed by atoms with van der Waals surface area (Å²) in [5, 5.41) is 7.96. The zero-order valence-electron chi connectivity index (χ0n) is 5.79. The van der Waals surface area contributed by atoms with Crippen LogP contribution in [0.25, 0.3) is 0 Å². The van der Waals surface area contributed by atoms with Crippen LogP contribution in [0.4, 0.5) is 13.2 Å². The zero-order chi connectivity index (χ0) is 9.99. The number of halogens is 3. The second-order valence-electron chi connectivity index (χ2n) is 1.77. The van der Waals surface area contributed by atoms with Gasteiger partial charge in [0.05, 0.1) is 6.07 Å². The van der Waals surface area contributed by atoms with Gasteiger partial charge in [-0.25, -0.2) is 4.18 Å². The molecule has 70 valence electrons. The molecule has 0 radical (unpaired) electrons. The Labute approximate surface area is 66.7 Å².